The van der Waals surface area contributed by atoms with Gasteiger partial charge in [-0.1, -0.05) is 36.6 Å². The van der Waals surface area contributed by atoms with Crippen LogP contribution in [-0.2, 0) is 14.6 Å². The molecule has 4 nitrogen and oxygen atoms in total. The Labute approximate surface area is 159 Å². The van der Waals surface area contributed by atoms with Gasteiger partial charge in [-0.15, -0.1) is 0 Å². The number of anilines is 1. The van der Waals surface area contributed by atoms with Crippen LogP contribution < -0.4 is 4.90 Å². The Morgan fingerprint density at radius 3 is 2.27 bits per heavy atom. The normalized spacial score (nSPS) is 16.4. The summed E-state index contributed by atoms with van der Waals surface area (Å²) in [6, 6.07) is 13.6. The average Bonchev–Trinajstić information content (AvgIpc) is 3.12. The molecular formula is C20H22ClNO3S. The van der Waals surface area contributed by atoms with Gasteiger partial charge in [0.25, 0.3) is 0 Å². The number of benzene rings is 2. The van der Waals surface area contributed by atoms with E-state index in [4.69, 9.17) is 11.6 Å². The van der Waals surface area contributed by atoms with Crippen LogP contribution in [0.4, 0.5) is 5.69 Å². The van der Waals surface area contributed by atoms with Gasteiger partial charge in [-0.3, -0.25) is 4.79 Å². The number of carbonyl (C=O) groups excluding carboxylic acids is 1. The first-order chi connectivity index (χ1) is 12.3. The highest BCUT2D eigenvalue weighted by Crippen LogP contribution is 2.42. The largest absolute Gasteiger partial charge is 0.314 e. The lowest BCUT2D eigenvalue weighted by molar-refractivity contribution is -0.120. The van der Waals surface area contributed by atoms with Crippen molar-refractivity contribution in [3.05, 3.63) is 59.1 Å². The lowest BCUT2D eigenvalue weighted by Crippen LogP contribution is -2.51. The van der Waals surface area contributed by atoms with Crippen molar-refractivity contribution < 1.29 is 13.2 Å². The van der Waals surface area contributed by atoms with Crippen molar-refractivity contribution in [3.8, 4) is 0 Å². The molecule has 1 aliphatic carbocycles. The van der Waals surface area contributed by atoms with E-state index in [0.29, 0.717) is 23.6 Å². The van der Waals surface area contributed by atoms with Crippen molar-refractivity contribution in [1.82, 2.24) is 0 Å². The molecule has 0 saturated heterocycles. The molecule has 1 amide bonds. The Morgan fingerprint density at radius 1 is 1.08 bits per heavy atom. The summed E-state index contributed by atoms with van der Waals surface area (Å²) in [7, 11) is -2.18. The maximum Gasteiger partial charge on any atom is 0.248 e. The molecular weight excluding hydrogens is 370 g/mol. The molecule has 0 heterocycles. The Kier molecular flexibility index (Phi) is 5.13. The van der Waals surface area contributed by atoms with Crippen LogP contribution >= 0.6 is 11.6 Å². The molecule has 1 saturated carbocycles. The summed E-state index contributed by atoms with van der Waals surface area (Å²) in [6.45, 7) is 1.94. The maximum atomic E-state index is 13.4. The first kappa shape index (κ1) is 18.9. The summed E-state index contributed by atoms with van der Waals surface area (Å²) in [5.41, 5.74) is 1.72. The Morgan fingerprint density at radius 2 is 1.69 bits per heavy atom. The zero-order valence-corrected chi connectivity index (χ0v) is 16.5. The second-order valence-corrected chi connectivity index (χ2v) is 9.56. The zero-order chi connectivity index (χ0) is 18.9. The van der Waals surface area contributed by atoms with Gasteiger partial charge in [-0.2, -0.15) is 0 Å². The summed E-state index contributed by atoms with van der Waals surface area (Å²) in [5.74, 6) is -0.365. The Balaban J connectivity index is 2.05. The molecule has 0 bridgehead atoms. The summed E-state index contributed by atoms with van der Waals surface area (Å²) in [5, 5.41) is 0.465. The minimum Gasteiger partial charge on any atom is -0.314 e. The third-order valence-electron chi connectivity index (χ3n) is 5.13. The Hall–Kier alpha value is -1.85. The molecule has 1 aliphatic rings. The van der Waals surface area contributed by atoms with Gasteiger partial charge in [0, 0.05) is 17.8 Å². The molecule has 0 radical (unpaired) electrons. The van der Waals surface area contributed by atoms with Crippen molar-refractivity contribution in [1.29, 1.82) is 0 Å². The van der Waals surface area contributed by atoms with Crippen molar-refractivity contribution in [2.75, 3.05) is 11.9 Å². The summed E-state index contributed by atoms with van der Waals surface area (Å²) < 4.78 is 25.4. The fourth-order valence-corrected chi connectivity index (χ4v) is 5.91. The van der Waals surface area contributed by atoms with E-state index in [1.165, 1.54) is 17.0 Å². The van der Waals surface area contributed by atoms with Crippen LogP contribution in [0.15, 0.2) is 53.4 Å². The summed E-state index contributed by atoms with van der Waals surface area (Å²) in [4.78, 5) is 15.0. The van der Waals surface area contributed by atoms with Crippen LogP contribution in [-0.4, -0.2) is 26.1 Å². The van der Waals surface area contributed by atoms with Crippen LogP contribution in [0.25, 0.3) is 0 Å². The predicted octanol–water partition coefficient (Wildman–Crippen LogP) is 4.40. The van der Waals surface area contributed by atoms with E-state index in [1.807, 2.05) is 31.2 Å². The van der Waals surface area contributed by atoms with Gasteiger partial charge in [0.05, 0.1) is 4.90 Å². The van der Waals surface area contributed by atoms with E-state index < -0.39 is 14.6 Å². The smallest absolute Gasteiger partial charge is 0.248 e. The second kappa shape index (κ2) is 7.05. The van der Waals surface area contributed by atoms with E-state index in [-0.39, 0.29) is 10.8 Å². The third kappa shape index (κ3) is 3.14. The van der Waals surface area contributed by atoms with Gasteiger partial charge in [0.15, 0.2) is 14.6 Å². The molecule has 0 N–H and O–H groups in total. The average molecular weight is 392 g/mol. The monoisotopic (exact) mass is 391 g/mol. The van der Waals surface area contributed by atoms with Crippen molar-refractivity contribution in [2.24, 2.45) is 0 Å². The van der Waals surface area contributed by atoms with Crippen molar-refractivity contribution in [3.63, 3.8) is 0 Å². The van der Waals surface area contributed by atoms with Crippen molar-refractivity contribution in [2.45, 2.75) is 42.2 Å². The first-order valence-electron chi connectivity index (χ1n) is 8.63. The molecule has 0 aliphatic heterocycles. The van der Waals surface area contributed by atoms with Gasteiger partial charge < -0.3 is 4.90 Å². The molecule has 6 heteroatoms. The molecule has 138 valence electrons. The number of hydrogen-bond donors (Lipinski definition) is 0. The minimum absolute atomic E-state index is 0.148. The third-order valence-corrected chi connectivity index (χ3v) is 7.89. The highest BCUT2D eigenvalue weighted by molar-refractivity contribution is 7.93. The van der Waals surface area contributed by atoms with Crippen LogP contribution in [0.2, 0.25) is 5.02 Å². The van der Waals surface area contributed by atoms with E-state index in [2.05, 4.69) is 0 Å². The number of rotatable bonds is 4. The highest BCUT2D eigenvalue weighted by Gasteiger charge is 2.54. The molecule has 1 fully saturated rings. The molecule has 0 atom stereocenters. The first-order valence-corrected chi connectivity index (χ1v) is 10.5. The summed E-state index contributed by atoms with van der Waals surface area (Å²) >= 11 is 5.89. The fourth-order valence-electron chi connectivity index (χ4n) is 3.64. The number of carbonyl (C=O) groups is 1. The molecule has 2 aromatic carbocycles. The molecule has 26 heavy (non-hydrogen) atoms. The van der Waals surface area contributed by atoms with Gasteiger partial charge in [0.2, 0.25) is 5.91 Å². The maximum absolute atomic E-state index is 13.4. The van der Waals surface area contributed by atoms with E-state index in [0.717, 1.165) is 18.4 Å². The van der Waals surface area contributed by atoms with Gasteiger partial charge >= 0.3 is 0 Å². The predicted molar refractivity (Wildman–Crippen MR) is 104 cm³/mol. The lowest BCUT2D eigenvalue weighted by atomic mass is 10.0. The van der Waals surface area contributed by atoms with Crippen LogP contribution in [0, 0.1) is 6.92 Å². The Bertz CT molecular complexity index is 916. The number of amides is 1. The van der Waals surface area contributed by atoms with E-state index in [9.17, 15) is 13.2 Å². The zero-order valence-electron chi connectivity index (χ0n) is 14.9. The highest BCUT2D eigenvalue weighted by atomic mass is 35.5. The molecule has 0 aromatic heterocycles. The SMILES string of the molecule is Cc1cccc(N(C)C(=O)C2(S(=O)(=O)c3ccc(Cl)cc3)CCCC2)c1. The molecule has 3 rings (SSSR count). The van der Waals surface area contributed by atoms with Gasteiger partial charge in [-0.05, 0) is 61.7 Å². The lowest BCUT2D eigenvalue weighted by Gasteiger charge is -2.32. The van der Waals surface area contributed by atoms with Crippen LogP contribution in [0.3, 0.4) is 0 Å². The van der Waals surface area contributed by atoms with Crippen LogP contribution in [0.1, 0.15) is 31.2 Å². The second-order valence-electron chi connectivity index (χ2n) is 6.86. The van der Waals surface area contributed by atoms with E-state index in [1.54, 1.807) is 19.2 Å². The fraction of sp³-hybridized carbons (Fsp3) is 0.350. The molecule has 0 unspecified atom stereocenters. The van der Waals surface area contributed by atoms with Crippen molar-refractivity contribution >= 4 is 33.0 Å². The number of hydrogen-bond acceptors (Lipinski definition) is 3. The van der Waals surface area contributed by atoms with Gasteiger partial charge in [0.1, 0.15) is 0 Å². The van der Waals surface area contributed by atoms with Crippen LogP contribution in [0.5, 0.6) is 0 Å². The van der Waals surface area contributed by atoms with Gasteiger partial charge in [-0.25, -0.2) is 8.42 Å². The topological polar surface area (TPSA) is 54.5 Å². The van der Waals surface area contributed by atoms with E-state index >= 15 is 0 Å². The number of sulfone groups is 1. The number of halogens is 1. The standard InChI is InChI=1S/C20H22ClNO3S/c1-15-6-5-7-17(14-15)22(2)19(23)20(12-3-4-13-20)26(24,25)18-10-8-16(21)9-11-18/h5-11,14H,3-4,12-13H2,1-2H3. The summed E-state index contributed by atoms with van der Waals surface area (Å²) in [6.07, 6.45) is 2.13. The molecule has 2 aromatic rings. The quantitative estimate of drug-likeness (QED) is 0.776. The molecule has 0 spiro atoms. The number of nitrogens with zero attached hydrogens (tertiary/aromatic N) is 1. The number of aryl methyl sites for hydroxylation is 1. The minimum atomic E-state index is -3.83.